The van der Waals surface area contributed by atoms with E-state index in [1.807, 2.05) is 24.3 Å². The third-order valence-electron chi connectivity index (χ3n) is 3.35. The Balaban J connectivity index is 2.18. The van der Waals surface area contributed by atoms with Gasteiger partial charge >= 0.3 is 0 Å². The molecule has 0 unspecified atom stereocenters. The monoisotopic (exact) mass is 250 g/mol. The molecule has 0 fully saturated rings. The first-order valence-corrected chi connectivity index (χ1v) is 6.37. The first-order valence-electron chi connectivity index (χ1n) is 6.37. The van der Waals surface area contributed by atoms with Crippen LogP contribution in [0.1, 0.15) is 22.3 Å². The fraction of sp³-hybridized carbons (Fsp3) is 0.235. The van der Waals surface area contributed by atoms with E-state index in [4.69, 9.17) is 5.26 Å². The van der Waals surface area contributed by atoms with Crippen molar-refractivity contribution < 1.29 is 0 Å². The number of anilines is 1. The Morgan fingerprint density at radius 3 is 2.37 bits per heavy atom. The molecule has 0 spiro atoms. The van der Waals surface area contributed by atoms with E-state index in [0.717, 1.165) is 12.2 Å². The van der Waals surface area contributed by atoms with Gasteiger partial charge in [-0.3, -0.25) is 0 Å². The van der Waals surface area contributed by atoms with E-state index < -0.39 is 0 Å². The Labute approximate surface area is 114 Å². The Hall–Kier alpha value is -2.27. The zero-order chi connectivity index (χ0) is 13.8. The predicted molar refractivity (Wildman–Crippen MR) is 79.2 cm³/mol. The molecule has 2 heteroatoms. The van der Waals surface area contributed by atoms with Gasteiger partial charge < -0.3 is 4.90 Å². The summed E-state index contributed by atoms with van der Waals surface area (Å²) in [5, 5.41) is 8.81. The maximum absolute atomic E-state index is 8.81. The Bertz CT molecular complexity index is 606. The van der Waals surface area contributed by atoms with Crippen molar-refractivity contribution in [3.05, 3.63) is 64.7 Å². The van der Waals surface area contributed by atoms with E-state index in [0.29, 0.717) is 5.56 Å². The van der Waals surface area contributed by atoms with Crippen molar-refractivity contribution in [2.75, 3.05) is 11.9 Å². The third kappa shape index (κ3) is 3.14. The molecule has 0 aliphatic carbocycles. The van der Waals surface area contributed by atoms with Crippen LogP contribution in [-0.2, 0) is 6.54 Å². The lowest BCUT2D eigenvalue weighted by Crippen LogP contribution is -2.17. The van der Waals surface area contributed by atoms with Gasteiger partial charge in [0.15, 0.2) is 0 Å². The van der Waals surface area contributed by atoms with Crippen LogP contribution in [0.5, 0.6) is 0 Å². The van der Waals surface area contributed by atoms with Crippen molar-refractivity contribution in [2.24, 2.45) is 0 Å². The molecule has 0 saturated carbocycles. The largest absolute Gasteiger partial charge is 0.370 e. The number of hydrogen-bond acceptors (Lipinski definition) is 2. The van der Waals surface area contributed by atoms with Gasteiger partial charge in [0, 0.05) is 19.3 Å². The van der Waals surface area contributed by atoms with Crippen molar-refractivity contribution in [2.45, 2.75) is 20.4 Å². The van der Waals surface area contributed by atoms with Crippen LogP contribution < -0.4 is 4.90 Å². The molecule has 0 saturated heterocycles. The lowest BCUT2D eigenvalue weighted by molar-refractivity contribution is 0.912. The van der Waals surface area contributed by atoms with Crippen LogP contribution in [0.3, 0.4) is 0 Å². The lowest BCUT2D eigenvalue weighted by Gasteiger charge is -2.21. The molecule has 0 aromatic heterocycles. The summed E-state index contributed by atoms with van der Waals surface area (Å²) in [4.78, 5) is 2.20. The van der Waals surface area contributed by atoms with Gasteiger partial charge in [0.1, 0.15) is 0 Å². The molecule has 96 valence electrons. The van der Waals surface area contributed by atoms with E-state index in [1.54, 1.807) is 0 Å². The Kier molecular flexibility index (Phi) is 3.87. The smallest absolute Gasteiger partial charge is 0.0991 e. The van der Waals surface area contributed by atoms with Crippen molar-refractivity contribution in [1.82, 2.24) is 0 Å². The maximum atomic E-state index is 8.81. The third-order valence-corrected chi connectivity index (χ3v) is 3.35. The first kappa shape index (κ1) is 13.2. The maximum Gasteiger partial charge on any atom is 0.0991 e. The second kappa shape index (κ2) is 5.58. The average Bonchev–Trinajstić information content (AvgIpc) is 2.43. The number of nitriles is 1. The highest BCUT2D eigenvalue weighted by molar-refractivity contribution is 5.50. The summed E-state index contributed by atoms with van der Waals surface area (Å²) < 4.78 is 0. The Morgan fingerprint density at radius 2 is 1.74 bits per heavy atom. The fourth-order valence-electron chi connectivity index (χ4n) is 2.11. The fourth-order valence-corrected chi connectivity index (χ4v) is 2.11. The molecule has 0 aliphatic heterocycles. The SMILES string of the molecule is Cc1ccc(C)c(CN(C)c2ccc(C#N)cc2)c1. The van der Waals surface area contributed by atoms with E-state index in [9.17, 15) is 0 Å². The summed E-state index contributed by atoms with van der Waals surface area (Å²) in [7, 11) is 2.07. The molecule has 0 bridgehead atoms. The normalized spacial score (nSPS) is 10.0. The highest BCUT2D eigenvalue weighted by Gasteiger charge is 2.05. The van der Waals surface area contributed by atoms with Gasteiger partial charge in [0.25, 0.3) is 0 Å². The molecule has 0 atom stereocenters. The van der Waals surface area contributed by atoms with Crippen LogP contribution in [0.25, 0.3) is 0 Å². The average molecular weight is 250 g/mol. The molecule has 2 aromatic carbocycles. The van der Waals surface area contributed by atoms with Gasteiger partial charge in [-0.15, -0.1) is 0 Å². The molecule has 0 heterocycles. The molecule has 2 rings (SSSR count). The molecule has 0 N–H and O–H groups in total. The van der Waals surface area contributed by atoms with Crippen LogP contribution in [0.2, 0.25) is 0 Å². The van der Waals surface area contributed by atoms with Crippen LogP contribution >= 0.6 is 0 Å². The van der Waals surface area contributed by atoms with Gasteiger partial charge in [0.2, 0.25) is 0 Å². The van der Waals surface area contributed by atoms with Gasteiger partial charge in [-0.05, 0) is 49.2 Å². The summed E-state index contributed by atoms with van der Waals surface area (Å²) in [5.74, 6) is 0. The topological polar surface area (TPSA) is 27.0 Å². The van der Waals surface area contributed by atoms with E-state index in [1.165, 1.54) is 16.7 Å². The number of aryl methyl sites for hydroxylation is 2. The number of hydrogen-bond donors (Lipinski definition) is 0. The van der Waals surface area contributed by atoms with Gasteiger partial charge in [0.05, 0.1) is 11.6 Å². The molecular weight excluding hydrogens is 232 g/mol. The van der Waals surface area contributed by atoms with Crippen LogP contribution in [0.4, 0.5) is 5.69 Å². The van der Waals surface area contributed by atoms with Gasteiger partial charge in [-0.2, -0.15) is 5.26 Å². The van der Waals surface area contributed by atoms with Crippen molar-refractivity contribution in [1.29, 1.82) is 5.26 Å². The van der Waals surface area contributed by atoms with E-state index in [-0.39, 0.29) is 0 Å². The molecule has 2 nitrogen and oxygen atoms in total. The quantitative estimate of drug-likeness (QED) is 0.828. The number of rotatable bonds is 3. The zero-order valence-corrected chi connectivity index (χ0v) is 11.6. The van der Waals surface area contributed by atoms with Crippen molar-refractivity contribution >= 4 is 5.69 Å². The van der Waals surface area contributed by atoms with E-state index >= 15 is 0 Å². The molecular formula is C17H18N2. The minimum atomic E-state index is 0.698. The molecule has 0 aliphatic rings. The standard InChI is InChI=1S/C17H18N2/c1-13-4-5-14(2)16(10-13)12-19(3)17-8-6-15(11-18)7-9-17/h4-10H,12H2,1-3H3. The van der Waals surface area contributed by atoms with Crippen LogP contribution in [0.15, 0.2) is 42.5 Å². The summed E-state index contributed by atoms with van der Waals surface area (Å²) in [5.41, 5.74) is 5.76. The van der Waals surface area contributed by atoms with Crippen LogP contribution in [0, 0.1) is 25.2 Å². The number of nitrogens with zero attached hydrogens (tertiary/aromatic N) is 2. The summed E-state index contributed by atoms with van der Waals surface area (Å²) >= 11 is 0. The van der Waals surface area contributed by atoms with Gasteiger partial charge in [-0.25, -0.2) is 0 Å². The number of benzene rings is 2. The Morgan fingerprint density at radius 1 is 1.05 bits per heavy atom. The summed E-state index contributed by atoms with van der Waals surface area (Å²) in [6, 6.07) is 16.4. The molecule has 2 aromatic rings. The van der Waals surface area contributed by atoms with Crippen molar-refractivity contribution in [3.8, 4) is 6.07 Å². The lowest BCUT2D eigenvalue weighted by atomic mass is 10.1. The summed E-state index contributed by atoms with van der Waals surface area (Å²) in [6.45, 7) is 5.13. The van der Waals surface area contributed by atoms with Crippen LogP contribution in [-0.4, -0.2) is 7.05 Å². The van der Waals surface area contributed by atoms with Gasteiger partial charge in [-0.1, -0.05) is 23.8 Å². The minimum absolute atomic E-state index is 0.698. The zero-order valence-electron chi connectivity index (χ0n) is 11.6. The molecule has 19 heavy (non-hydrogen) atoms. The predicted octanol–water partition coefficient (Wildman–Crippen LogP) is 3.81. The first-order chi connectivity index (χ1) is 9.10. The van der Waals surface area contributed by atoms with E-state index in [2.05, 4.69) is 50.1 Å². The molecule has 0 amide bonds. The summed E-state index contributed by atoms with van der Waals surface area (Å²) in [6.07, 6.45) is 0. The highest BCUT2D eigenvalue weighted by atomic mass is 15.1. The molecule has 0 radical (unpaired) electrons. The second-order valence-corrected chi connectivity index (χ2v) is 4.94. The second-order valence-electron chi connectivity index (χ2n) is 4.94. The minimum Gasteiger partial charge on any atom is -0.370 e. The highest BCUT2D eigenvalue weighted by Crippen LogP contribution is 2.18. The van der Waals surface area contributed by atoms with Crippen molar-refractivity contribution in [3.63, 3.8) is 0 Å².